The zero-order valence-electron chi connectivity index (χ0n) is 6.73. The van der Waals surface area contributed by atoms with Crippen molar-refractivity contribution in [3.63, 3.8) is 0 Å². The Morgan fingerprint density at radius 1 is 1.50 bits per heavy atom. The number of hydrogen-bond acceptors (Lipinski definition) is 2. The Kier molecular flexibility index (Phi) is 3.64. The second-order valence-corrected chi connectivity index (χ2v) is 4.22. The van der Waals surface area contributed by atoms with Gasteiger partial charge in [-0.15, -0.1) is 11.8 Å². The summed E-state index contributed by atoms with van der Waals surface area (Å²) in [7, 11) is 1.47. The maximum absolute atomic E-state index is 13.3. The van der Waals surface area contributed by atoms with Gasteiger partial charge in [-0.25, -0.2) is 4.39 Å². The third kappa shape index (κ3) is 2.04. The molecule has 4 heteroatoms. The van der Waals surface area contributed by atoms with Gasteiger partial charge < -0.3 is 4.74 Å². The summed E-state index contributed by atoms with van der Waals surface area (Å²) in [6, 6.07) is 3.47. The zero-order chi connectivity index (χ0) is 9.14. The van der Waals surface area contributed by atoms with Crippen LogP contribution in [0.1, 0.15) is 0 Å². The van der Waals surface area contributed by atoms with Gasteiger partial charge in [0.25, 0.3) is 0 Å². The molecule has 0 saturated heterocycles. The van der Waals surface area contributed by atoms with Crippen molar-refractivity contribution < 1.29 is 9.13 Å². The van der Waals surface area contributed by atoms with Crippen LogP contribution >= 0.6 is 34.4 Å². The number of thioether (sulfide) groups is 1. The molecule has 0 fully saturated rings. The van der Waals surface area contributed by atoms with E-state index in [1.165, 1.54) is 18.9 Å². The van der Waals surface area contributed by atoms with E-state index in [9.17, 15) is 4.39 Å². The molecule has 0 heterocycles. The number of hydrogen-bond donors (Lipinski definition) is 0. The molecule has 0 spiro atoms. The molecule has 66 valence electrons. The van der Waals surface area contributed by atoms with E-state index in [2.05, 4.69) is 22.6 Å². The highest BCUT2D eigenvalue weighted by Gasteiger charge is 2.08. The van der Waals surface area contributed by atoms with Gasteiger partial charge in [0.2, 0.25) is 0 Å². The van der Waals surface area contributed by atoms with E-state index in [4.69, 9.17) is 4.74 Å². The monoisotopic (exact) mass is 298 g/mol. The van der Waals surface area contributed by atoms with Gasteiger partial charge in [-0.05, 0) is 41.0 Å². The third-order valence-electron chi connectivity index (χ3n) is 1.41. The number of methoxy groups -OCH3 is 1. The summed E-state index contributed by atoms with van der Waals surface area (Å²) in [6.07, 6.45) is 1.84. The lowest BCUT2D eigenvalue weighted by atomic mass is 10.3. The summed E-state index contributed by atoms with van der Waals surface area (Å²) < 4.78 is 19.2. The fraction of sp³-hybridized carbons (Fsp3) is 0.250. The number of rotatable bonds is 2. The summed E-state index contributed by atoms with van der Waals surface area (Å²) >= 11 is 3.51. The first-order valence-corrected chi connectivity index (χ1v) is 5.56. The molecular formula is C8H8FIOS. The third-order valence-corrected chi connectivity index (χ3v) is 2.77. The van der Waals surface area contributed by atoms with E-state index in [-0.39, 0.29) is 5.82 Å². The molecule has 0 atom stereocenters. The average Bonchev–Trinajstić information content (AvgIpc) is 2.08. The molecule has 0 radical (unpaired) electrons. The van der Waals surface area contributed by atoms with Crippen molar-refractivity contribution in [3.05, 3.63) is 21.5 Å². The van der Waals surface area contributed by atoms with Gasteiger partial charge in [-0.1, -0.05) is 0 Å². The maximum Gasteiger partial charge on any atom is 0.178 e. The minimum Gasteiger partial charge on any atom is -0.494 e. The van der Waals surface area contributed by atoms with E-state index in [1.54, 1.807) is 12.1 Å². The Bertz CT molecular complexity index is 265. The second-order valence-electron chi connectivity index (χ2n) is 2.12. The standard InChI is InChI=1S/C8H8FIOS/c1-11-6-3-5(10)4-7(12-2)8(6)9/h3-4H,1-2H3. The fourth-order valence-electron chi connectivity index (χ4n) is 0.837. The molecule has 0 aliphatic rings. The van der Waals surface area contributed by atoms with Crippen molar-refractivity contribution in [2.24, 2.45) is 0 Å². The van der Waals surface area contributed by atoms with Gasteiger partial charge in [0.05, 0.1) is 7.11 Å². The van der Waals surface area contributed by atoms with E-state index < -0.39 is 0 Å². The molecule has 0 aromatic heterocycles. The summed E-state index contributed by atoms with van der Waals surface area (Å²) in [5.41, 5.74) is 0. The summed E-state index contributed by atoms with van der Waals surface area (Å²) in [5, 5.41) is 0. The molecule has 1 rings (SSSR count). The van der Waals surface area contributed by atoms with E-state index >= 15 is 0 Å². The highest BCUT2D eigenvalue weighted by molar-refractivity contribution is 14.1. The minimum atomic E-state index is -0.273. The molecule has 0 bridgehead atoms. The fourth-order valence-corrected chi connectivity index (χ4v) is 2.17. The maximum atomic E-state index is 13.3. The molecular weight excluding hydrogens is 290 g/mol. The number of ether oxygens (including phenoxy) is 1. The van der Waals surface area contributed by atoms with Crippen LogP contribution in [-0.2, 0) is 0 Å². The lowest BCUT2D eigenvalue weighted by molar-refractivity contribution is 0.381. The van der Waals surface area contributed by atoms with Crippen molar-refractivity contribution in [1.29, 1.82) is 0 Å². The Balaban J connectivity index is 3.22. The number of benzene rings is 1. The molecule has 0 aliphatic carbocycles. The Hall–Kier alpha value is 0.0300. The Morgan fingerprint density at radius 3 is 2.67 bits per heavy atom. The second kappa shape index (κ2) is 4.32. The molecule has 0 N–H and O–H groups in total. The quantitative estimate of drug-likeness (QED) is 0.613. The van der Waals surface area contributed by atoms with Crippen molar-refractivity contribution in [3.8, 4) is 5.75 Å². The summed E-state index contributed by atoms with van der Waals surface area (Å²) in [6.45, 7) is 0. The molecule has 0 saturated carbocycles. The Morgan fingerprint density at radius 2 is 2.17 bits per heavy atom. The molecule has 12 heavy (non-hydrogen) atoms. The topological polar surface area (TPSA) is 9.23 Å². The summed E-state index contributed by atoms with van der Waals surface area (Å²) in [4.78, 5) is 0.624. The van der Waals surface area contributed by atoms with Gasteiger partial charge in [0.15, 0.2) is 11.6 Å². The first-order valence-electron chi connectivity index (χ1n) is 3.26. The minimum absolute atomic E-state index is 0.273. The van der Waals surface area contributed by atoms with Gasteiger partial charge in [-0.2, -0.15) is 0 Å². The highest BCUT2D eigenvalue weighted by atomic mass is 127. The van der Waals surface area contributed by atoms with Crippen LogP contribution in [0.2, 0.25) is 0 Å². The van der Waals surface area contributed by atoms with Crippen LogP contribution in [0.4, 0.5) is 4.39 Å². The van der Waals surface area contributed by atoms with Crippen molar-refractivity contribution >= 4 is 34.4 Å². The largest absolute Gasteiger partial charge is 0.494 e. The lowest BCUT2D eigenvalue weighted by Gasteiger charge is -2.05. The molecule has 1 nitrogen and oxygen atoms in total. The lowest BCUT2D eigenvalue weighted by Crippen LogP contribution is -1.91. The van der Waals surface area contributed by atoms with E-state index in [0.29, 0.717) is 10.6 Å². The van der Waals surface area contributed by atoms with Crippen LogP contribution < -0.4 is 4.74 Å². The zero-order valence-corrected chi connectivity index (χ0v) is 9.70. The van der Waals surface area contributed by atoms with Crippen LogP contribution in [0.5, 0.6) is 5.75 Å². The molecule has 0 aliphatic heterocycles. The molecule has 1 aromatic carbocycles. The molecule has 1 aromatic rings. The van der Waals surface area contributed by atoms with Crippen molar-refractivity contribution in [1.82, 2.24) is 0 Å². The van der Waals surface area contributed by atoms with Gasteiger partial charge in [-0.3, -0.25) is 0 Å². The normalized spacial score (nSPS) is 10.0. The Labute approximate surface area is 88.8 Å². The first kappa shape index (κ1) is 10.1. The van der Waals surface area contributed by atoms with Crippen LogP contribution in [0.3, 0.4) is 0 Å². The van der Waals surface area contributed by atoms with E-state index in [1.807, 2.05) is 6.26 Å². The van der Waals surface area contributed by atoms with Crippen LogP contribution in [0.15, 0.2) is 17.0 Å². The van der Waals surface area contributed by atoms with Gasteiger partial charge in [0.1, 0.15) is 0 Å². The van der Waals surface area contributed by atoms with Crippen LogP contribution in [0, 0.1) is 9.39 Å². The highest BCUT2D eigenvalue weighted by Crippen LogP contribution is 2.29. The molecule has 0 amide bonds. The predicted molar refractivity (Wildman–Crippen MR) is 57.5 cm³/mol. The summed E-state index contributed by atoms with van der Waals surface area (Å²) in [5.74, 6) is 0.0386. The van der Waals surface area contributed by atoms with Crippen LogP contribution in [-0.4, -0.2) is 13.4 Å². The van der Waals surface area contributed by atoms with Crippen LogP contribution in [0.25, 0.3) is 0 Å². The smallest absolute Gasteiger partial charge is 0.178 e. The SMILES string of the molecule is COc1cc(I)cc(SC)c1F. The average molecular weight is 298 g/mol. The van der Waals surface area contributed by atoms with E-state index in [0.717, 1.165) is 3.57 Å². The van der Waals surface area contributed by atoms with Crippen molar-refractivity contribution in [2.75, 3.05) is 13.4 Å². The number of halogens is 2. The van der Waals surface area contributed by atoms with Crippen molar-refractivity contribution in [2.45, 2.75) is 4.90 Å². The first-order chi connectivity index (χ1) is 5.69. The predicted octanol–water partition coefficient (Wildman–Crippen LogP) is 3.16. The molecule has 0 unspecified atom stereocenters. The van der Waals surface area contributed by atoms with Gasteiger partial charge in [0, 0.05) is 8.47 Å². The van der Waals surface area contributed by atoms with Gasteiger partial charge >= 0.3 is 0 Å².